The van der Waals surface area contributed by atoms with Crippen molar-refractivity contribution >= 4 is 27.5 Å². The van der Waals surface area contributed by atoms with Crippen molar-refractivity contribution in [2.75, 3.05) is 18.4 Å². The van der Waals surface area contributed by atoms with Crippen LogP contribution in [-0.4, -0.2) is 49.5 Å². The molecule has 0 aromatic heterocycles. The summed E-state index contributed by atoms with van der Waals surface area (Å²) in [7, 11) is -3.44. The van der Waals surface area contributed by atoms with Gasteiger partial charge in [-0.05, 0) is 56.0 Å². The van der Waals surface area contributed by atoms with Gasteiger partial charge in [-0.1, -0.05) is 19.4 Å². The molecule has 0 spiro atoms. The molecule has 3 rings (SSSR count). The molecule has 2 fully saturated rings. The van der Waals surface area contributed by atoms with E-state index in [1.165, 1.54) is 6.08 Å². The number of anilines is 1. The maximum atomic E-state index is 12.8. The van der Waals surface area contributed by atoms with Gasteiger partial charge in [0.05, 0.1) is 5.25 Å². The summed E-state index contributed by atoms with van der Waals surface area (Å²) in [6, 6.07) is 6.60. The number of rotatable bonds is 6. The van der Waals surface area contributed by atoms with E-state index in [0.29, 0.717) is 30.6 Å². The van der Waals surface area contributed by atoms with E-state index in [4.69, 9.17) is 0 Å². The number of nitrogens with one attached hydrogen (secondary N) is 2. The van der Waals surface area contributed by atoms with Gasteiger partial charge >= 0.3 is 0 Å². The van der Waals surface area contributed by atoms with Crippen LogP contribution >= 0.6 is 0 Å². The normalized spacial score (nSPS) is 20.7. The summed E-state index contributed by atoms with van der Waals surface area (Å²) in [5.41, 5.74) is 1.04. The summed E-state index contributed by atoms with van der Waals surface area (Å²) >= 11 is 0. The lowest BCUT2D eigenvalue weighted by Gasteiger charge is -2.33. The molecule has 1 heterocycles. The third-order valence-electron chi connectivity index (χ3n) is 5.38. The first-order chi connectivity index (χ1) is 13.4. The van der Waals surface area contributed by atoms with E-state index in [2.05, 4.69) is 16.6 Å². The number of nitrogens with zero attached hydrogens (tertiary/aromatic N) is 1. The molecule has 28 heavy (non-hydrogen) atoms. The van der Waals surface area contributed by atoms with Crippen molar-refractivity contribution in [3.63, 3.8) is 0 Å². The molecule has 0 radical (unpaired) electrons. The number of hydrogen-bond donors (Lipinski definition) is 2. The van der Waals surface area contributed by atoms with E-state index in [0.717, 1.165) is 25.7 Å². The number of piperidine rings is 1. The van der Waals surface area contributed by atoms with Crippen LogP contribution in [0.1, 0.15) is 48.9 Å². The lowest BCUT2D eigenvalue weighted by Crippen LogP contribution is -2.49. The molecule has 1 atom stereocenters. The summed E-state index contributed by atoms with van der Waals surface area (Å²) in [5.74, 6) is -0.514. The SMILES string of the molecule is C=CC(=O)Nc1ccc(C(=O)N2CCCC(S(=O)(=O)NC3CCCC3)C2)cc1. The number of amides is 2. The van der Waals surface area contributed by atoms with Gasteiger partial charge in [-0.2, -0.15) is 0 Å². The minimum absolute atomic E-state index is 0.0365. The molecule has 2 aliphatic rings. The zero-order chi connectivity index (χ0) is 20.1. The van der Waals surface area contributed by atoms with Gasteiger partial charge in [0.15, 0.2) is 0 Å². The monoisotopic (exact) mass is 405 g/mol. The fourth-order valence-electron chi connectivity index (χ4n) is 3.82. The third-order valence-corrected chi connectivity index (χ3v) is 7.30. The number of sulfonamides is 1. The highest BCUT2D eigenvalue weighted by molar-refractivity contribution is 7.90. The van der Waals surface area contributed by atoms with E-state index in [-0.39, 0.29) is 24.4 Å². The number of likely N-dealkylation sites (tertiary alicyclic amines) is 1. The highest BCUT2D eigenvalue weighted by Gasteiger charge is 2.34. The van der Waals surface area contributed by atoms with Gasteiger partial charge in [0.1, 0.15) is 0 Å². The number of carbonyl (C=O) groups is 2. The third kappa shape index (κ3) is 4.99. The minimum Gasteiger partial charge on any atom is -0.337 e. The van der Waals surface area contributed by atoms with Crippen LogP contribution in [0.5, 0.6) is 0 Å². The lowest BCUT2D eigenvalue weighted by atomic mass is 10.1. The van der Waals surface area contributed by atoms with Crippen LogP contribution in [0.2, 0.25) is 0 Å². The molecular formula is C20H27N3O4S. The maximum Gasteiger partial charge on any atom is 0.253 e. The number of hydrogen-bond acceptors (Lipinski definition) is 4. The molecule has 8 heteroatoms. The lowest BCUT2D eigenvalue weighted by molar-refractivity contribution is -0.111. The van der Waals surface area contributed by atoms with Crippen molar-refractivity contribution in [3.8, 4) is 0 Å². The largest absolute Gasteiger partial charge is 0.337 e. The average Bonchev–Trinajstić information content (AvgIpc) is 3.20. The fraction of sp³-hybridized carbons (Fsp3) is 0.500. The topological polar surface area (TPSA) is 95.6 Å². The second kappa shape index (κ2) is 8.87. The van der Waals surface area contributed by atoms with Crippen LogP contribution in [0, 0.1) is 0 Å². The van der Waals surface area contributed by atoms with Gasteiger partial charge in [0, 0.05) is 30.4 Å². The average molecular weight is 406 g/mol. The van der Waals surface area contributed by atoms with E-state index in [1.54, 1.807) is 29.2 Å². The summed E-state index contributed by atoms with van der Waals surface area (Å²) in [5, 5.41) is 2.06. The van der Waals surface area contributed by atoms with Crippen LogP contribution in [0.3, 0.4) is 0 Å². The van der Waals surface area contributed by atoms with E-state index in [9.17, 15) is 18.0 Å². The molecule has 152 valence electrons. The first kappa shape index (κ1) is 20.5. The molecule has 7 nitrogen and oxygen atoms in total. The Morgan fingerprint density at radius 1 is 1.07 bits per heavy atom. The standard InChI is InChI=1S/C20H27N3O4S/c1-2-19(24)21-16-11-9-15(10-12-16)20(25)23-13-5-8-18(14-23)28(26,27)22-17-6-3-4-7-17/h2,9-12,17-18,22H,1,3-8,13-14H2,(H,21,24). The molecule has 1 aromatic carbocycles. The van der Waals surface area contributed by atoms with Gasteiger partial charge in [0.25, 0.3) is 5.91 Å². The molecular weight excluding hydrogens is 378 g/mol. The van der Waals surface area contributed by atoms with Gasteiger partial charge in [0.2, 0.25) is 15.9 Å². The predicted molar refractivity (Wildman–Crippen MR) is 109 cm³/mol. The van der Waals surface area contributed by atoms with E-state index >= 15 is 0 Å². The summed E-state index contributed by atoms with van der Waals surface area (Å²) < 4.78 is 28.3. The zero-order valence-corrected chi connectivity index (χ0v) is 16.7. The Bertz CT molecular complexity index is 830. The van der Waals surface area contributed by atoms with Crippen molar-refractivity contribution in [1.29, 1.82) is 0 Å². The molecule has 1 saturated carbocycles. The van der Waals surface area contributed by atoms with Gasteiger partial charge in [-0.15, -0.1) is 0 Å². The zero-order valence-electron chi connectivity index (χ0n) is 15.9. The van der Waals surface area contributed by atoms with Crippen LogP contribution in [0.25, 0.3) is 0 Å². The maximum absolute atomic E-state index is 12.8. The van der Waals surface area contributed by atoms with Crippen LogP contribution in [0.4, 0.5) is 5.69 Å². The Hall–Kier alpha value is -2.19. The minimum atomic E-state index is -3.44. The first-order valence-electron chi connectivity index (χ1n) is 9.73. The summed E-state index contributed by atoms with van der Waals surface area (Å²) in [6.07, 6.45) is 6.31. The Kier molecular flexibility index (Phi) is 6.51. The van der Waals surface area contributed by atoms with Crippen molar-refractivity contribution < 1.29 is 18.0 Å². The smallest absolute Gasteiger partial charge is 0.253 e. The van der Waals surface area contributed by atoms with E-state index in [1.807, 2.05) is 0 Å². The molecule has 2 N–H and O–H groups in total. The van der Waals surface area contributed by atoms with Gasteiger partial charge < -0.3 is 10.2 Å². The van der Waals surface area contributed by atoms with Crippen molar-refractivity contribution in [3.05, 3.63) is 42.5 Å². The Morgan fingerprint density at radius 3 is 2.39 bits per heavy atom. The van der Waals surface area contributed by atoms with E-state index < -0.39 is 15.3 Å². The Morgan fingerprint density at radius 2 is 1.75 bits per heavy atom. The molecule has 1 aliphatic heterocycles. The Balaban J connectivity index is 1.63. The quantitative estimate of drug-likeness (QED) is 0.710. The van der Waals surface area contributed by atoms with Gasteiger partial charge in [-0.25, -0.2) is 13.1 Å². The van der Waals surface area contributed by atoms with Crippen molar-refractivity contribution in [2.45, 2.75) is 49.8 Å². The van der Waals surface area contributed by atoms with Crippen LogP contribution in [0.15, 0.2) is 36.9 Å². The van der Waals surface area contributed by atoms with Crippen molar-refractivity contribution in [1.82, 2.24) is 9.62 Å². The second-order valence-electron chi connectivity index (χ2n) is 7.43. The Labute approximate surface area is 166 Å². The summed E-state index contributed by atoms with van der Waals surface area (Å²) in [4.78, 5) is 25.8. The molecule has 1 aliphatic carbocycles. The molecule has 2 amide bonds. The summed E-state index contributed by atoms with van der Waals surface area (Å²) in [6.45, 7) is 4.14. The number of benzene rings is 1. The fourth-order valence-corrected chi connectivity index (χ4v) is 5.57. The molecule has 1 saturated heterocycles. The highest BCUT2D eigenvalue weighted by atomic mass is 32.2. The molecule has 1 unspecified atom stereocenters. The van der Waals surface area contributed by atoms with Gasteiger partial charge in [-0.3, -0.25) is 9.59 Å². The van der Waals surface area contributed by atoms with Crippen LogP contribution < -0.4 is 10.0 Å². The second-order valence-corrected chi connectivity index (χ2v) is 9.42. The molecule has 0 bridgehead atoms. The predicted octanol–water partition coefficient (Wildman–Crippen LogP) is 2.28. The first-order valence-corrected chi connectivity index (χ1v) is 11.3. The van der Waals surface area contributed by atoms with Crippen LogP contribution in [-0.2, 0) is 14.8 Å². The van der Waals surface area contributed by atoms with Crippen molar-refractivity contribution in [2.24, 2.45) is 0 Å². The molecule has 1 aromatic rings. The number of carbonyl (C=O) groups excluding carboxylic acids is 2. The highest BCUT2D eigenvalue weighted by Crippen LogP contribution is 2.23.